The first kappa shape index (κ1) is 17.4. The van der Waals surface area contributed by atoms with E-state index in [-0.39, 0.29) is 11.6 Å². The van der Waals surface area contributed by atoms with Gasteiger partial charge in [-0.1, -0.05) is 6.07 Å². The summed E-state index contributed by atoms with van der Waals surface area (Å²) < 4.78 is 29.0. The molecule has 0 unspecified atom stereocenters. The highest BCUT2D eigenvalue weighted by Crippen LogP contribution is 2.18. The number of hydrogen-bond donors (Lipinski definition) is 2. The molecule has 0 bridgehead atoms. The normalized spacial score (nSPS) is 16.0. The van der Waals surface area contributed by atoms with E-state index in [1.807, 2.05) is 32.2 Å². The topological polar surface area (TPSA) is 104 Å². The minimum atomic E-state index is -3.66. The Morgan fingerprint density at radius 2 is 1.80 bits per heavy atom. The molecule has 0 amide bonds. The van der Waals surface area contributed by atoms with Crippen LogP contribution >= 0.6 is 0 Å². The van der Waals surface area contributed by atoms with Crippen molar-refractivity contribution in [1.82, 2.24) is 14.3 Å². The van der Waals surface area contributed by atoms with Crippen molar-refractivity contribution >= 4 is 27.7 Å². The molecule has 1 aliphatic heterocycles. The average molecular weight is 362 g/mol. The number of aromatic nitrogens is 2. The number of nitrogen functional groups attached to an aromatic ring is 1. The minimum Gasteiger partial charge on any atom is -0.384 e. The van der Waals surface area contributed by atoms with Crippen LogP contribution in [0.5, 0.6) is 0 Å². The average Bonchev–Trinajstić information content (AvgIpc) is 2.54. The molecule has 1 saturated heterocycles. The second-order valence-corrected chi connectivity index (χ2v) is 7.81. The summed E-state index contributed by atoms with van der Waals surface area (Å²) in [6, 6.07) is 7.30. The molecule has 9 heteroatoms. The van der Waals surface area contributed by atoms with Crippen LogP contribution in [0.15, 0.2) is 30.5 Å². The number of pyridine rings is 2. The fraction of sp³-hybridized carbons (Fsp3) is 0.375. The first-order valence-corrected chi connectivity index (χ1v) is 9.47. The maximum atomic E-state index is 12.6. The molecule has 0 aliphatic carbocycles. The summed E-state index contributed by atoms with van der Waals surface area (Å²) in [4.78, 5) is 10.5. The van der Waals surface area contributed by atoms with Gasteiger partial charge in [0.2, 0.25) is 0 Å². The Hall–Kier alpha value is -2.39. The van der Waals surface area contributed by atoms with Gasteiger partial charge in [0.1, 0.15) is 17.5 Å². The van der Waals surface area contributed by atoms with Gasteiger partial charge >= 0.3 is 10.2 Å². The highest BCUT2D eigenvalue weighted by atomic mass is 32.2. The van der Waals surface area contributed by atoms with Gasteiger partial charge in [0, 0.05) is 32.4 Å². The first-order chi connectivity index (χ1) is 11.8. The van der Waals surface area contributed by atoms with E-state index in [1.54, 1.807) is 12.1 Å². The second kappa shape index (κ2) is 6.85. The third-order valence-corrected chi connectivity index (χ3v) is 5.53. The highest BCUT2D eigenvalue weighted by molar-refractivity contribution is 7.90. The Morgan fingerprint density at radius 3 is 2.40 bits per heavy atom. The molecule has 1 aliphatic rings. The molecular formula is C16H22N6O2S. The molecule has 0 spiro atoms. The van der Waals surface area contributed by atoms with Crippen LogP contribution in [-0.4, -0.2) is 48.9 Å². The number of nitrogens with two attached hydrogens (primary N) is 1. The predicted molar refractivity (Wildman–Crippen MR) is 98.7 cm³/mol. The van der Waals surface area contributed by atoms with Crippen LogP contribution in [0.4, 0.5) is 17.5 Å². The quantitative estimate of drug-likeness (QED) is 0.846. The molecular weight excluding hydrogens is 340 g/mol. The van der Waals surface area contributed by atoms with Gasteiger partial charge in [-0.15, -0.1) is 0 Å². The summed E-state index contributed by atoms with van der Waals surface area (Å²) >= 11 is 0. The monoisotopic (exact) mass is 362 g/mol. The number of hydrogen-bond acceptors (Lipinski definition) is 6. The summed E-state index contributed by atoms with van der Waals surface area (Å²) in [6.45, 7) is 5.75. The molecule has 3 N–H and O–H groups in total. The Balaban J connectivity index is 1.65. The largest absolute Gasteiger partial charge is 0.384 e. The minimum absolute atomic E-state index is 0.236. The van der Waals surface area contributed by atoms with Gasteiger partial charge in [0.15, 0.2) is 0 Å². The van der Waals surface area contributed by atoms with E-state index in [9.17, 15) is 8.42 Å². The maximum Gasteiger partial charge on any atom is 0.302 e. The molecule has 0 atom stereocenters. The zero-order valence-corrected chi connectivity index (χ0v) is 15.1. The molecule has 0 radical (unpaired) electrons. The molecule has 134 valence electrons. The number of nitrogens with one attached hydrogen (secondary N) is 1. The molecule has 2 aromatic heterocycles. The lowest BCUT2D eigenvalue weighted by molar-refractivity contribution is 0.386. The van der Waals surface area contributed by atoms with Gasteiger partial charge < -0.3 is 10.6 Å². The van der Waals surface area contributed by atoms with Crippen molar-refractivity contribution in [3.8, 4) is 0 Å². The van der Waals surface area contributed by atoms with Crippen molar-refractivity contribution in [2.75, 3.05) is 41.5 Å². The summed E-state index contributed by atoms with van der Waals surface area (Å²) in [6.07, 6.45) is 1.81. The molecule has 3 rings (SSSR count). The molecule has 2 aromatic rings. The summed E-state index contributed by atoms with van der Waals surface area (Å²) in [5.74, 6) is 1.39. The van der Waals surface area contributed by atoms with Gasteiger partial charge in [-0.25, -0.2) is 9.97 Å². The van der Waals surface area contributed by atoms with Gasteiger partial charge in [-0.2, -0.15) is 12.7 Å². The van der Waals surface area contributed by atoms with E-state index in [1.165, 1.54) is 4.31 Å². The van der Waals surface area contributed by atoms with E-state index in [0.717, 1.165) is 16.9 Å². The van der Waals surface area contributed by atoms with Crippen molar-refractivity contribution in [1.29, 1.82) is 0 Å². The Kier molecular flexibility index (Phi) is 4.78. The number of anilines is 3. The van der Waals surface area contributed by atoms with E-state index in [0.29, 0.717) is 26.2 Å². The van der Waals surface area contributed by atoms with E-state index in [4.69, 9.17) is 5.73 Å². The standard InChI is InChI=1S/C16H22N6O2S/c1-12-3-4-16(18-11-12)21-5-7-22(8-6-21)25(23,24)20-15-10-13(2)9-14(17)19-15/h3-4,9-11H,5-8H2,1-2H3,(H3,17,19,20). The molecule has 8 nitrogen and oxygen atoms in total. The van der Waals surface area contributed by atoms with Gasteiger partial charge in [-0.05, 0) is 43.2 Å². The zero-order chi connectivity index (χ0) is 18.0. The lowest BCUT2D eigenvalue weighted by atomic mass is 10.3. The van der Waals surface area contributed by atoms with Crippen LogP contribution in [0.1, 0.15) is 11.1 Å². The van der Waals surface area contributed by atoms with Crippen LogP contribution in [-0.2, 0) is 10.2 Å². The summed E-state index contributed by atoms with van der Waals surface area (Å²) in [7, 11) is -3.66. The molecule has 1 fully saturated rings. The van der Waals surface area contributed by atoms with Crippen molar-refractivity contribution in [3.63, 3.8) is 0 Å². The third-order valence-electron chi connectivity index (χ3n) is 4.02. The van der Waals surface area contributed by atoms with Crippen molar-refractivity contribution in [3.05, 3.63) is 41.6 Å². The van der Waals surface area contributed by atoms with Gasteiger partial charge in [0.05, 0.1) is 0 Å². The highest BCUT2D eigenvalue weighted by Gasteiger charge is 2.27. The van der Waals surface area contributed by atoms with E-state index >= 15 is 0 Å². The van der Waals surface area contributed by atoms with Crippen molar-refractivity contribution in [2.24, 2.45) is 0 Å². The van der Waals surface area contributed by atoms with Crippen LogP contribution in [0, 0.1) is 13.8 Å². The Bertz CT molecular complexity index is 825. The maximum absolute atomic E-state index is 12.6. The lowest BCUT2D eigenvalue weighted by Gasteiger charge is -2.34. The van der Waals surface area contributed by atoms with Crippen LogP contribution in [0.3, 0.4) is 0 Å². The molecule has 3 heterocycles. The van der Waals surface area contributed by atoms with Gasteiger partial charge in [-0.3, -0.25) is 4.72 Å². The zero-order valence-electron chi connectivity index (χ0n) is 14.3. The lowest BCUT2D eigenvalue weighted by Crippen LogP contribution is -2.50. The second-order valence-electron chi connectivity index (χ2n) is 6.14. The fourth-order valence-corrected chi connectivity index (χ4v) is 3.89. The Labute approximate surface area is 147 Å². The predicted octanol–water partition coefficient (Wildman–Crippen LogP) is 1.15. The first-order valence-electron chi connectivity index (χ1n) is 8.03. The number of aryl methyl sites for hydroxylation is 2. The summed E-state index contributed by atoms with van der Waals surface area (Å²) in [5, 5.41) is 0. The van der Waals surface area contributed by atoms with Crippen molar-refractivity contribution in [2.45, 2.75) is 13.8 Å². The number of rotatable bonds is 4. The van der Waals surface area contributed by atoms with E-state index < -0.39 is 10.2 Å². The summed E-state index contributed by atoms with van der Waals surface area (Å²) in [5.41, 5.74) is 7.62. The number of piperazine rings is 1. The van der Waals surface area contributed by atoms with Crippen LogP contribution < -0.4 is 15.4 Å². The fourth-order valence-electron chi connectivity index (χ4n) is 2.75. The van der Waals surface area contributed by atoms with E-state index in [2.05, 4.69) is 19.6 Å². The SMILES string of the molecule is Cc1ccc(N2CCN(S(=O)(=O)Nc3cc(C)cc(N)n3)CC2)nc1. The Morgan fingerprint density at radius 1 is 1.08 bits per heavy atom. The van der Waals surface area contributed by atoms with Gasteiger partial charge in [0.25, 0.3) is 0 Å². The molecule has 0 aromatic carbocycles. The molecule has 0 saturated carbocycles. The number of nitrogens with zero attached hydrogens (tertiary/aromatic N) is 4. The smallest absolute Gasteiger partial charge is 0.302 e. The van der Waals surface area contributed by atoms with Crippen molar-refractivity contribution < 1.29 is 8.42 Å². The van der Waals surface area contributed by atoms with Crippen LogP contribution in [0.25, 0.3) is 0 Å². The third kappa shape index (κ3) is 4.18. The van der Waals surface area contributed by atoms with Crippen LogP contribution in [0.2, 0.25) is 0 Å². The molecule has 25 heavy (non-hydrogen) atoms.